The van der Waals surface area contributed by atoms with Crippen LogP contribution in [0.25, 0.3) is 0 Å². The maximum atomic E-state index is 14.2. The van der Waals surface area contributed by atoms with E-state index in [9.17, 15) is 13.2 Å². The SMILES string of the molecule is COc1cccc(S(=O)(=O)N2CC[C@@H](c3ccccc3C)[C@H](C(=O)N3CCN(c4cc(C)ccc4C)CC3)C2)c1. The van der Waals surface area contributed by atoms with Crippen molar-refractivity contribution in [2.75, 3.05) is 51.3 Å². The molecular formula is C32H39N3O4S. The summed E-state index contributed by atoms with van der Waals surface area (Å²) in [6, 6.07) is 21.2. The van der Waals surface area contributed by atoms with E-state index in [4.69, 9.17) is 4.74 Å². The van der Waals surface area contributed by atoms with Gasteiger partial charge in [0.15, 0.2) is 0 Å². The first-order chi connectivity index (χ1) is 19.2. The molecule has 0 bridgehead atoms. The highest BCUT2D eigenvalue weighted by atomic mass is 32.2. The van der Waals surface area contributed by atoms with Gasteiger partial charge in [-0.1, -0.05) is 42.5 Å². The third-order valence-electron chi connectivity index (χ3n) is 8.46. The average Bonchev–Trinajstić information content (AvgIpc) is 2.98. The lowest BCUT2D eigenvalue weighted by Crippen LogP contribution is -2.54. The molecule has 2 aliphatic rings. The number of benzene rings is 3. The summed E-state index contributed by atoms with van der Waals surface area (Å²) in [5.74, 6) is 0.0367. The zero-order chi connectivity index (χ0) is 28.4. The number of amides is 1. The van der Waals surface area contributed by atoms with Crippen molar-refractivity contribution in [1.29, 1.82) is 0 Å². The van der Waals surface area contributed by atoms with Crippen LogP contribution in [-0.2, 0) is 14.8 Å². The molecule has 2 atom stereocenters. The van der Waals surface area contributed by atoms with E-state index in [1.54, 1.807) is 24.3 Å². The Hall–Kier alpha value is -3.36. The molecule has 0 spiro atoms. The second-order valence-corrected chi connectivity index (χ2v) is 12.9. The van der Waals surface area contributed by atoms with Crippen LogP contribution in [0.4, 0.5) is 5.69 Å². The summed E-state index contributed by atoms with van der Waals surface area (Å²) in [7, 11) is -2.26. The van der Waals surface area contributed by atoms with Gasteiger partial charge in [-0.15, -0.1) is 0 Å². The number of aryl methyl sites for hydroxylation is 3. The van der Waals surface area contributed by atoms with Gasteiger partial charge >= 0.3 is 0 Å². The zero-order valence-electron chi connectivity index (χ0n) is 23.8. The van der Waals surface area contributed by atoms with E-state index < -0.39 is 15.9 Å². The van der Waals surface area contributed by atoms with Gasteiger partial charge in [0.05, 0.1) is 17.9 Å². The van der Waals surface area contributed by atoms with Gasteiger partial charge in [0.1, 0.15) is 5.75 Å². The molecule has 2 aliphatic heterocycles. The predicted octanol–water partition coefficient (Wildman–Crippen LogP) is 4.76. The van der Waals surface area contributed by atoms with E-state index in [1.807, 2.05) is 17.0 Å². The van der Waals surface area contributed by atoms with Gasteiger partial charge in [0.2, 0.25) is 15.9 Å². The maximum Gasteiger partial charge on any atom is 0.243 e. The van der Waals surface area contributed by atoms with Crippen LogP contribution in [0.5, 0.6) is 5.75 Å². The molecule has 2 fully saturated rings. The molecule has 8 heteroatoms. The third kappa shape index (κ3) is 5.60. The van der Waals surface area contributed by atoms with Crippen LogP contribution in [-0.4, -0.2) is 69.9 Å². The highest BCUT2D eigenvalue weighted by Gasteiger charge is 2.42. The minimum absolute atomic E-state index is 0.0393. The van der Waals surface area contributed by atoms with E-state index in [2.05, 4.69) is 56.0 Å². The van der Waals surface area contributed by atoms with Gasteiger partial charge in [-0.3, -0.25) is 4.79 Å². The third-order valence-corrected chi connectivity index (χ3v) is 10.3. The smallest absolute Gasteiger partial charge is 0.243 e. The molecule has 2 saturated heterocycles. The Bertz CT molecular complexity index is 1480. The molecule has 0 N–H and O–H groups in total. The lowest BCUT2D eigenvalue weighted by Gasteiger charge is -2.42. The minimum atomic E-state index is -3.79. The Kier molecular flexibility index (Phi) is 8.19. The Labute approximate surface area is 238 Å². The second-order valence-electron chi connectivity index (χ2n) is 11.0. The maximum absolute atomic E-state index is 14.2. The summed E-state index contributed by atoms with van der Waals surface area (Å²) in [6.07, 6.45) is 0.590. The molecule has 3 aromatic carbocycles. The number of rotatable bonds is 6. The number of carbonyl (C=O) groups excluding carboxylic acids is 1. The minimum Gasteiger partial charge on any atom is -0.497 e. The van der Waals surface area contributed by atoms with Gasteiger partial charge in [0, 0.05) is 51.0 Å². The first-order valence-corrected chi connectivity index (χ1v) is 15.4. The molecule has 2 heterocycles. The van der Waals surface area contributed by atoms with Crippen molar-refractivity contribution in [1.82, 2.24) is 9.21 Å². The molecule has 0 aliphatic carbocycles. The highest BCUT2D eigenvalue weighted by molar-refractivity contribution is 7.89. The molecule has 212 valence electrons. The standard InChI is InChI=1S/C32H39N3O4S/c1-23-12-13-25(3)31(20-23)33-16-18-34(19-17-33)32(36)30-22-35(15-14-29(30)28-11-6-5-8-24(28)2)40(37,38)27-10-7-9-26(21-27)39-4/h5-13,20-21,29-30H,14-19,22H2,1-4H3/t29-,30+/m0/s1. The van der Waals surface area contributed by atoms with Crippen molar-refractivity contribution >= 4 is 21.6 Å². The fraction of sp³-hybridized carbons (Fsp3) is 0.406. The van der Waals surface area contributed by atoms with Crippen molar-refractivity contribution in [3.8, 4) is 5.75 Å². The lowest BCUT2D eigenvalue weighted by molar-refractivity contribution is -0.137. The highest BCUT2D eigenvalue weighted by Crippen LogP contribution is 2.38. The largest absolute Gasteiger partial charge is 0.497 e. The number of nitrogens with zero attached hydrogens (tertiary/aromatic N) is 3. The van der Waals surface area contributed by atoms with E-state index in [0.717, 1.165) is 24.2 Å². The van der Waals surface area contributed by atoms with Gasteiger partial charge < -0.3 is 14.5 Å². The van der Waals surface area contributed by atoms with E-state index in [-0.39, 0.29) is 23.3 Å². The number of sulfonamides is 1. The van der Waals surface area contributed by atoms with Crippen LogP contribution in [0, 0.1) is 26.7 Å². The molecule has 40 heavy (non-hydrogen) atoms. The fourth-order valence-electron chi connectivity index (χ4n) is 6.14. The van der Waals surface area contributed by atoms with E-state index in [0.29, 0.717) is 31.8 Å². The molecule has 0 saturated carbocycles. The Morgan fingerprint density at radius 3 is 2.33 bits per heavy atom. The molecule has 0 radical (unpaired) electrons. The molecule has 0 aromatic heterocycles. The van der Waals surface area contributed by atoms with Crippen molar-refractivity contribution in [2.45, 2.75) is 38.0 Å². The summed E-state index contributed by atoms with van der Waals surface area (Å²) in [6.45, 7) is 9.56. The normalized spacial score (nSPS) is 20.4. The fourth-order valence-corrected chi connectivity index (χ4v) is 7.66. The molecule has 1 amide bonds. The summed E-state index contributed by atoms with van der Waals surface area (Å²) in [5.41, 5.74) is 5.94. The molecule has 7 nitrogen and oxygen atoms in total. The van der Waals surface area contributed by atoms with Crippen molar-refractivity contribution in [2.24, 2.45) is 5.92 Å². The number of anilines is 1. The monoisotopic (exact) mass is 561 g/mol. The lowest BCUT2D eigenvalue weighted by atomic mass is 9.78. The molecular weight excluding hydrogens is 522 g/mol. The van der Waals surface area contributed by atoms with Gasteiger partial charge in [-0.05, 0) is 73.6 Å². The molecule has 0 unspecified atom stereocenters. The summed E-state index contributed by atoms with van der Waals surface area (Å²) in [4.78, 5) is 18.7. The topological polar surface area (TPSA) is 70.2 Å². The summed E-state index contributed by atoms with van der Waals surface area (Å²) >= 11 is 0. The van der Waals surface area contributed by atoms with Crippen molar-refractivity contribution in [3.05, 3.63) is 89.0 Å². The van der Waals surface area contributed by atoms with Crippen LogP contribution in [0.3, 0.4) is 0 Å². The number of methoxy groups -OCH3 is 1. The van der Waals surface area contributed by atoms with E-state index in [1.165, 1.54) is 28.2 Å². The number of hydrogen-bond donors (Lipinski definition) is 0. The Balaban J connectivity index is 1.39. The van der Waals surface area contributed by atoms with Crippen LogP contribution in [0.15, 0.2) is 71.6 Å². The number of ether oxygens (including phenoxy) is 1. The van der Waals surface area contributed by atoms with Crippen LogP contribution < -0.4 is 9.64 Å². The molecule has 3 aromatic rings. The van der Waals surface area contributed by atoms with Crippen molar-refractivity contribution < 1.29 is 17.9 Å². The second kappa shape index (κ2) is 11.6. The van der Waals surface area contributed by atoms with Gasteiger partial charge in [0.25, 0.3) is 0 Å². The number of piperazine rings is 1. The summed E-state index contributed by atoms with van der Waals surface area (Å²) < 4.78 is 34.2. The Morgan fingerprint density at radius 2 is 1.60 bits per heavy atom. The number of piperidine rings is 1. The Morgan fingerprint density at radius 1 is 0.850 bits per heavy atom. The van der Waals surface area contributed by atoms with Crippen LogP contribution in [0.1, 0.15) is 34.6 Å². The first kappa shape index (κ1) is 28.2. The zero-order valence-corrected chi connectivity index (χ0v) is 24.7. The number of carbonyl (C=O) groups is 1. The summed E-state index contributed by atoms with van der Waals surface area (Å²) in [5, 5.41) is 0. The number of hydrogen-bond acceptors (Lipinski definition) is 5. The van der Waals surface area contributed by atoms with Crippen LogP contribution in [0.2, 0.25) is 0 Å². The van der Waals surface area contributed by atoms with Gasteiger partial charge in [-0.25, -0.2) is 8.42 Å². The first-order valence-electron chi connectivity index (χ1n) is 14.0. The predicted molar refractivity (Wildman–Crippen MR) is 158 cm³/mol. The van der Waals surface area contributed by atoms with Crippen molar-refractivity contribution in [3.63, 3.8) is 0 Å². The molecule has 5 rings (SSSR count). The quantitative estimate of drug-likeness (QED) is 0.434. The average molecular weight is 562 g/mol. The van der Waals surface area contributed by atoms with Crippen LogP contribution >= 0.6 is 0 Å². The van der Waals surface area contributed by atoms with E-state index >= 15 is 0 Å². The van der Waals surface area contributed by atoms with Gasteiger partial charge in [-0.2, -0.15) is 4.31 Å².